The van der Waals surface area contributed by atoms with Crippen LogP contribution in [0.15, 0.2) is 39.0 Å². The molecule has 2 heterocycles. The summed E-state index contributed by atoms with van der Waals surface area (Å²) in [5.41, 5.74) is 4.71. The molecule has 0 radical (unpaired) electrons. The summed E-state index contributed by atoms with van der Waals surface area (Å²) in [4.78, 5) is 33.0. The zero-order valence-corrected chi connectivity index (χ0v) is 16.6. The first-order chi connectivity index (χ1) is 13.4. The third-order valence-corrected chi connectivity index (χ3v) is 4.53. The maximum absolute atomic E-state index is 12.3. The molecule has 0 spiro atoms. The number of nitrogens with one attached hydrogen (secondary N) is 2. The van der Waals surface area contributed by atoms with Gasteiger partial charge in [0.05, 0.1) is 6.21 Å². The van der Waals surface area contributed by atoms with E-state index in [1.807, 2.05) is 43.3 Å². The molecule has 0 fully saturated rings. The number of rotatable bonds is 7. The number of hydrogen-bond acceptors (Lipinski definition) is 6. The Balaban J connectivity index is 1.93. The Morgan fingerprint density at radius 2 is 1.96 bits per heavy atom. The zero-order chi connectivity index (χ0) is 20.3. The maximum atomic E-state index is 12.3. The minimum absolute atomic E-state index is 0.331. The standard InChI is InChI=1S/C19H25N7O2/c1-5-6-11-26-15-16(25(4)19(28)22-17(15)27)21-18(26)23-20-12-13-7-9-14(10-8-13)24(2)3/h7-10,12H,5-6,11H2,1-4H3,(H,21,23)(H,22,27,28). The molecule has 0 saturated heterocycles. The molecule has 3 rings (SSSR count). The average Bonchev–Trinajstić information content (AvgIpc) is 3.04. The van der Waals surface area contributed by atoms with Crippen LogP contribution in [0.2, 0.25) is 0 Å². The van der Waals surface area contributed by atoms with E-state index in [2.05, 4.69) is 27.4 Å². The molecule has 0 unspecified atom stereocenters. The number of aromatic amines is 1. The predicted molar refractivity (Wildman–Crippen MR) is 112 cm³/mol. The van der Waals surface area contributed by atoms with Gasteiger partial charge in [-0.25, -0.2) is 10.2 Å². The topological polar surface area (TPSA) is 100 Å². The normalized spacial score (nSPS) is 11.4. The number of benzene rings is 1. The number of unbranched alkanes of at least 4 members (excludes halogenated alkanes) is 1. The van der Waals surface area contributed by atoms with Crippen LogP contribution in [0, 0.1) is 0 Å². The Bertz CT molecular complexity index is 1100. The number of hydrazone groups is 1. The Morgan fingerprint density at radius 3 is 2.61 bits per heavy atom. The van der Waals surface area contributed by atoms with Gasteiger partial charge in [0.1, 0.15) is 0 Å². The van der Waals surface area contributed by atoms with E-state index in [0.717, 1.165) is 24.1 Å². The molecule has 0 atom stereocenters. The number of aryl methyl sites for hydroxylation is 2. The molecule has 28 heavy (non-hydrogen) atoms. The van der Waals surface area contributed by atoms with Crippen LogP contribution in [-0.2, 0) is 13.6 Å². The lowest BCUT2D eigenvalue weighted by molar-refractivity contribution is 0.647. The molecule has 9 heteroatoms. The highest BCUT2D eigenvalue weighted by molar-refractivity contribution is 5.81. The molecular formula is C19H25N7O2. The molecule has 0 saturated carbocycles. The summed E-state index contributed by atoms with van der Waals surface area (Å²) < 4.78 is 3.09. The van der Waals surface area contributed by atoms with Crippen molar-refractivity contribution in [3.8, 4) is 0 Å². The maximum Gasteiger partial charge on any atom is 0.329 e. The monoisotopic (exact) mass is 383 g/mol. The fourth-order valence-electron chi connectivity index (χ4n) is 2.88. The Morgan fingerprint density at radius 1 is 1.25 bits per heavy atom. The van der Waals surface area contributed by atoms with Gasteiger partial charge in [-0.3, -0.25) is 14.3 Å². The lowest BCUT2D eigenvalue weighted by atomic mass is 10.2. The van der Waals surface area contributed by atoms with Crippen molar-refractivity contribution in [3.63, 3.8) is 0 Å². The van der Waals surface area contributed by atoms with E-state index >= 15 is 0 Å². The highest BCUT2D eigenvalue weighted by Gasteiger charge is 2.16. The average molecular weight is 383 g/mol. The van der Waals surface area contributed by atoms with E-state index in [0.29, 0.717) is 23.7 Å². The van der Waals surface area contributed by atoms with Crippen molar-refractivity contribution in [2.24, 2.45) is 12.1 Å². The van der Waals surface area contributed by atoms with Crippen LogP contribution in [0.1, 0.15) is 25.3 Å². The van der Waals surface area contributed by atoms with Crippen molar-refractivity contribution in [2.75, 3.05) is 24.4 Å². The van der Waals surface area contributed by atoms with Crippen molar-refractivity contribution in [1.82, 2.24) is 19.1 Å². The van der Waals surface area contributed by atoms with Crippen molar-refractivity contribution >= 4 is 29.0 Å². The quantitative estimate of drug-likeness (QED) is 0.478. The SMILES string of the molecule is CCCCn1c(NN=Cc2ccc(N(C)C)cc2)nc2c1c(=O)[nH]c(=O)n2C. The second-order valence-corrected chi connectivity index (χ2v) is 6.79. The molecule has 0 aliphatic heterocycles. The van der Waals surface area contributed by atoms with E-state index in [9.17, 15) is 9.59 Å². The summed E-state index contributed by atoms with van der Waals surface area (Å²) in [5.74, 6) is 0.427. The number of aromatic nitrogens is 4. The van der Waals surface area contributed by atoms with Gasteiger partial charge in [0, 0.05) is 33.4 Å². The van der Waals surface area contributed by atoms with Crippen LogP contribution in [0.25, 0.3) is 11.2 Å². The number of anilines is 2. The molecule has 0 amide bonds. The van der Waals surface area contributed by atoms with Gasteiger partial charge in [0.25, 0.3) is 5.56 Å². The van der Waals surface area contributed by atoms with Crippen LogP contribution in [0.3, 0.4) is 0 Å². The Kier molecular flexibility index (Phi) is 5.62. The molecular weight excluding hydrogens is 358 g/mol. The van der Waals surface area contributed by atoms with Crippen molar-refractivity contribution in [2.45, 2.75) is 26.3 Å². The van der Waals surface area contributed by atoms with Gasteiger partial charge in [-0.2, -0.15) is 10.1 Å². The van der Waals surface area contributed by atoms with Gasteiger partial charge in [-0.05, 0) is 24.1 Å². The molecule has 3 aromatic rings. The predicted octanol–water partition coefficient (Wildman–Crippen LogP) is 1.74. The van der Waals surface area contributed by atoms with Gasteiger partial charge < -0.3 is 9.47 Å². The number of H-pyrrole nitrogens is 1. The fraction of sp³-hybridized carbons (Fsp3) is 0.368. The van der Waals surface area contributed by atoms with Gasteiger partial charge in [0.2, 0.25) is 5.95 Å². The van der Waals surface area contributed by atoms with E-state index in [4.69, 9.17) is 0 Å². The van der Waals surface area contributed by atoms with Crippen LogP contribution in [-0.4, -0.2) is 39.4 Å². The molecule has 0 bridgehead atoms. The number of fused-ring (bicyclic) bond motifs is 1. The summed E-state index contributed by atoms with van der Waals surface area (Å²) in [6.45, 7) is 2.67. The smallest absolute Gasteiger partial charge is 0.329 e. The molecule has 1 aromatic carbocycles. The summed E-state index contributed by atoms with van der Waals surface area (Å²) in [5, 5.41) is 4.26. The zero-order valence-electron chi connectivity index (χ0n) is 16.6. The highest BCUT2D eigenvalue weighted by Crippen LogP contribution is 2.16. The molecule has 0 aliphatic carbocycles. The summed E-state index contributed by atoms with van der Waals surface area (Å²) in [6, 6.07) is 7.95. The molecule has 148 valence electrons. The number of imidazole rings is 1. The Labute approximate surface area is 162 Å². The molecule has 2 aromatic heterocycles. The second-order valence-electron chi connectivity index (χ2n) is 6.79. The van der Waals surface area contributed by atoms with Crippen molar-refractivity contribution in [1.29, 1.82) is 0 Å². The second kappa shape index (κ2) is 8.12. The van der Waals surface area contributed by atoms with Gasteiger partial charge in [-0.1, -0.05) is 25.5 Å². The minimum Gasteiger partial charge on any atom is -0.378 e. The van der Waals surface area contributed by atoms with Crippen LogP contribution >= 0.6 is 0 Å². The van der Waals surface area contributed by atoms with E-state index in [1.165, 1.54) is 4.57 Å². The Hall–Kier alpha value is -3.36. The lowest BCUT2D eigenvalue weighted by Crippen LogP contribution is -2.29. The van der Waals surface area contributed by atoms with Crippen molar-refractivity contribution in [3.05, 3.63) is 50.7 Å². The van der Waals surface area contributed by atoms with E-state index in [1.54, 1.807) is 17.8 Å². The highest BCUT2D eigenvalue weighted by atomic mass is 16.2. The third kappa shape index (κ3) is 3.83. The largest absolute Gasteiger partial charge is 0.378 e. The van der Waals surface area contributed by atoms with E-state index in [-0.39, 0.29) is 0 Å². The molecule has 9 nitrogen and oxygen atoms in total. The van der Waals surface area contributed by atoms with Crippen molar-refractivity contribution < 1.29 is 0 Å². The molecule has 0 aliphatic rings. The fourth-order valence-corrected chi connectivity index (χ4v) is 2.88. The molecule has 2 N–H and O–H groups in total. The van der Waals surface area contributed by atoms with Crippen LogP contribution in [0.5, 0.6) is 0 Å². The van der Waals surface area contributed by atoms with Crippen LogP contribution < -0.4 is 21.6 Å². The van der Waals surface area contributed by atoms with Gasteiger partial charge in [-0.15, -0.1) is 0 Å². The third-order valence-electron chi connectivity index (χ3n) is 4.53. The van der Waals surface area contributed by atoms with Gasteiger partial charge in [0.15, 0.2) is 11.2 Å². The number of hydrogen-bond donors (Lipinski definition) is 2. The lowest BCUT2D eigenvalue weighted by Gasteiger charge is -2.11. The first-order valence-corrected chi connectivity index (χ1v) is 9.18. The minimum atomic E-state index is -0.492. The summed E-state index contributed by atoms with van der Waals surface area (Å²) >= 11 is 0. The van der Waals surface area contributed by atoms with Crippen LogP contribution in [0.4, 0.5) is 11.6 Å². The summed E-state index contributed by atoms with van der Waals surface area (Å²) in [7, 11) is 5.55. The summed E-state index contributed by atoms with van der Waals surface area (Å²) in [6.07, 6.45) is 3.52. The first-order valence-electron chi connectivity index (χ1n) is 9.18. The van der Waals surface area contributed by atoms with Gasteiger partial charge >= 0.3 is 5.69 Å². The van der Waals surface area contributed by atoms with E-state index < -0.39 is 11.2 Å². The first kappa shape index (κ1) is 19.4. The number of nitrogens with zero attached hydrogens (tertiary/aromatic N) is 5.